The van der Waals surface area contributed by atoms with Crippen molar-refractivity contribution in [1.82, 2.24) is 9.55 Å². The normalized spacial score (nSPS) is 30.0. The first-order chi connectivity index (χ1) is 9.04. The molecule has 1 saturated heterocycles. The zero-order valence-corrected chi connectivity index (χ0v) is 10.4. The topological polar surface area (TPSA) is 96.6 Å². The van der Waals surface area contributed by atoms with Crippen molar-refractivity contribution in [2.75, 3.05) is 19.0 Å². The summed E-state index contributed by atoms with van der Waals surface area (Å²) in [4.78, 5) is 15.6. The minimum absolute atomic E-state index is 0.0230. The molecular formula is C12H15N3O4. The summed E-state index contributed by atoms with van der Waals surface area (Å²) in [5, 5.41) is 22.0. The molecule has 1 fully saturated rings. The number of aliphatic hydroxyl groups is 2. The van der Waals surface area contributed by atoms with E-state index < -0.39 is 30.2 Å². The maximum absolute atomic E-state index is 11.8. The van der Waals surface area contributed by atoms with E-state index in [0.717, 1.165) is 0 Å². The summed E-state index contributed by atoms with van der Waals surface area (Å²) in [7, 11) is 1.65. The van der Waals surface area contributed by atoms with Crippen LogP contribution in [0.15, 0.2) is 17.1 Å². The Bertz CT molecular complexity index is 565. The molecule has 0 radical (unpaired) electrons. The SMILES string of the molecule is C#C[C@]1(O)C[C@H](n2ccc(NC)nc2=O)O[C@@H]1CO. The average molecular weight is 265 g/mol. The van der Waals surface area contributed by atoms with Gasteiger partial charge in [-0.25, -0.2) is 4.79 Å². The Morgan fingerprint density at radius 2 is 2.53 bits per heavy atom. The maximum Gasteiger partial charge on any atom is 0.351 e. The quantitative estimate of drug-likeness (QED) is 0.602. The van der Waals surface area contributed by atoms with Crippen molar-refractivity contribution in [3.63, 3.8) is 0 Å². The minimum Gasteiger partial charge on any atom is -0.394 e. The number of aliphatic hydroxyl groups excluding tert-OH is 1. The molecule has 0 aromatic carbocycles. The predicted octanol–water partition coefficient (Wildman–Crippen LogP) is -1.07. The molecule has 0 spiro atoms. The Labute approximate surface area is 109 Å². The van der Waals surface area contributed by atoms with Gasteiger partial charge >= 0.3 is 5.69 Å². The fraction of sp³-hybridized carbons (Fsp3) is 0.500. The number of ether oxygens (including phenoxy) is 1. The highest BCUT2D eigenvalue weighted by atomic mass is 16.5. The van der Waals surface area contributed by atoms with Crippen molar-refractivity contribution in [3.8, 4) is 12.3 Å². The van der Waals surface area contributed by atoms with E-state index in [1.165, 1.54) is 10.8 Å². The van der Waals surface area contributed by atoms with E-state index in [1.54, 1.807) is 13.1 Å². The summed E-state index contributed by atoms with van der Waals surface area (Å²) in [6.07, 6.45) is 5.12. The molecule has 1 aliphatic heterocycles. The van der Waals surface area contributed by atoms with Gasteiger partial charge in [0.2, 0.25) is 0 Å². The lowest BCUT2D eigenvalue weighted by molar-refractivity contribution is -0.0624. The molecule has 1 aromatic rings. The maximum atomic E-state index is 11.8. The first kappa shape index (κ1) is 13.5. The summed E-state index contributed by atoms with van der Waals surface area (Å²) >= 11 is 0. The van der Waals surface area contributed by atoms with Crippen LogP contribution < -0.4 is 11.0 Å². The van der Waals surface area contributed by atoms with Gasteiger partial charge in [0.05, 0.1) is 6.61 Å². The van der Waals surface area contributed by atoms with Crippen molar-refractivity contribution in [3.05, 3.63) is 22.7 Å². The predicted molar refractivity (Wildman–Crippen MR) is 67.4 cm³/mol. The molecule has 7 heteroatoms. The fourth-order valence-corrected chi connectivity index (χ4v) is 2.03. The lowest BCUT2D eigenvalue weighted by Gasteiger charge is -2.19. The van der Waals surface area contributed by atoms with E-state index in [2.05, 4.69) is 16.2 Å². The highest BCUT2D eigenvalue weighted by molar-refractivity contribution is 5.30. The number of rotatable bonds is 3. The number of hydrogen-bond acceptors (Lipinski definition) is 6. The Kier molecular flexibility index (Phi) is 3.57. The van der Waals surface area contributed by atoms with Crippen LogP contribution in [0.5, 0.6) is 0 Å². The Balaban J connectivity index is 2.31. The highest BCUT2D eigenvalue weighted by Gasteiger charge is 2.46. The first-order valence-electron chi connectivity index (χ1n) is 5.77. The van der Waals surface area contributed by atoms with Gasteiger partial charge in [0.1, 0.15) is 18.1 Å². The number of nitrogens with zero attached hydrogens (tertiary/aromatic N) is 2. The largest absolute Gasteiger partial charge is 0.394 e. The molecule has 0 amide bonds. The van der Waals surface area contributed by atoms with Gasteiger partial charge in [-0.1, -0.05) is 5.92 Å². The summed E-state index contributed by atoms with van der Waals surface area (Å²) in [6.45, 7) is -0.423. The summed E-state index contributed by atoms with van der Waals surface area (Å²) < 4.78 is 6.65. The van der Waals surface area contributed by atoms with E-state index in [9.17, 15) is 9.90 Å². The van der Waals surface area contributed by atoms with Crippen LogP contribution in [0.4, 0.5) is 5.82 Å². The van der Waals surface area contributed by atoms with Crippen LogP contribution in [0.25, 0.3) is 0 Å². The van der Waals surface area contributed by atoms with Gasteiger partial charge in [0.25, 0.3) is 0 Å². The van der Waals surface area contributed by atoms with E-state index >= 15 is 0 Å². The fourth-order valence-electron chi connectivity index (χ4n) is 2.03. The number of aromatic nitrogens is 2. The lowest BCUT2D eigenvalue weighted by Crippen LogP contribution is -2.38. The van der Waals surface area contributed by atoms with Crippen LogP contribution in [0, 0.1) is 12.3 Å². The van der Waals surface area contributed by atoms with Crippen LogP contribution in [-0.2, 0) is 4.74 Å². The molecule has 1 aliphatic rings. The van der Waals surface area contributed by atoms with E-state index in [1.807, 2.05) is 0 Å². The third kappa shape index (κ3) is 2.33. The van der Waals surface area contributed by atoms with E-state index in [4.69, 9.17) is 16.3 Å². The molecular weight excluding hydrogens is 250 g/mol. The molecule has 0 aliphatic carbocycles. The number of anilines is 1. The second-order valence-corrected chi connectivity index (χ2v) is 4.29. The molecule has 0 bridgehead atoms. The molecule has 19 heavy (non-hydrogen) atoms. The summed E-state index contributed by atoms with van der Waals surface area (Å²) in [5.74, 6) is 2.64. The average Bonchev–Trinajstić information content (AvgIpc) is 2.76. The molecule has 3 N–H and O–H groups in total. The molecule has 7 nitrogen and oxygen atoms in total. The highest BCUT2D eigenvalue weighted by Crippen LogP contribution is 2.35. The molecule has 1 aromatic heterocycles. The third-order valence-electron chi connectivity index (χ3n) is 3.15. The molecule has 2 rings (SSSR count). The Hall–Kier alpha value is -1.88. The zero-order valence-electron chi connectivity index (χ0n) is 10.4. The van der Waals surface area contributed by atoms with E-state index in [0.29, 0.717) is 5.82 Å². The van der Waals surface area contributed by atoms with Crippen LogP contribution in [0.1, 0.15) is 12.6 Å². The van der Waals surface area contributed by atoms with Gasteiger partial charge in [-0.15, -0.1) is 6.42 Å². The molecule has 2 heterocycles. The van der Waals surface area contributed by atoms with Crippen LogP contribution in [0.2, 0.25) is 0 Å². The van der Waals surface area contributed by atoms with Gasteiger partial charge in [0, 0.05) is 19.7 Å². The second kappa shape index (κ2) is 5.01. The summed E-state index contributed by atoms with van der Waals surface area (Å²) in [5.41, 5.74) is -2.10. The second-order valence-electron chi connectivity index (χ2n) is 4.29. The van der Waals surface area contributed by atoms with Crippen molar-refractivity contribution in [2.24, 2.45) is 0 Å². The number of nitrogens with one attached hydrogen (secondary N) is 1. The Morgan fingerprint density at radius 3 is 3.00 bits per heavy atom. The van der Waals surface area contributed by atoms with Gasteiger partial charge in [-0.2, -0.15) is 4.98 Å². The third-order valence-corrected chi connectivity index (χ3v) is 3.15. The molecule has 0 unspecified atom stereocenters. The zero-order chi connectivity index (χ0) is 14.0. The van der Waals surface area contributed by atoms with E-state index in [-0.39, 0.29) is 6.42 Å². The Morgan fingerprint density at radius 1 is 1.79 bits per heavy atom. The van der Waals surface area contributed by atoms with Crippen molar-refractivity contribution < 1.29 is 14.9 Å². The van der Waals surface area contributed by atoms with Gasteiger partial charge in [-0.05, 0) is 6.07 Å². The van der Waals surface area contributed by atoms with Gasteiger partial charge in [-0.3, -0.25) is 4.57 Å². The van der Waals surface area contributed by atoms with Crippen LogP contribution >= 0.6 is 0 Å². The summed E-state index contributed by atoms with van der Waals surface area (Å²) in [6, 6.07) is 1.60. The minimum atomic E-state index is -1.58. The van der Waals surface area contributed by atoms with Gasteiger partial charge < -0.3 is 20.3 Å². The first-order valence-corrected chi connectivity index (χ1v) is 5.77. The molecule has 3 atom stereocenters. The van der Waals surface area contributed by atoms with Crippen LogP contribution in [0.3, 0.4) is 0 Å². The van der Waals surface area contributed by atoms with Crippen molar-refractivity contribution in [1.29, 1.82) is 0 Å². The smallest absolute Gasteiger partial charge is 0.351 e. The lowest BCUT2D eigenvalue weighted by atomic mass is 9.96. The number of hydrogen-bond donors (Lipinski definition) is 3. The van der Waals surface area contributed by atoms with Crippen molar-refractivity contribution in [2.45, 2.75) is 24.4 Å². The molecule has 0 saturated carbocycles. The van der Waals surface area contributed by atoms with Crippen molar-refractivity contribution >= 4 is 5.82 Å². The standard InChI is InChI=1S/C12H15N3O4/c1-3-12(18)6-10(19-8(12)7-16)15-5-4-9(13-2)14-11(15)17/h1,4-5,8,10,16,18H,6-7H2,2H3,(H,13,14,17)/t8-,10-,12+/m1/s1. The van der Waals surface area contributed by atoms with Crippen LogP contribution in [-0.4, -0.2) is 45.1 Å². The number of terminal acetylenes is 1. The van der Waals surface area contributed by atoms with Gasteiger partial charge in [0.15, 0.2) is 5.60 Å². The molecule has 102 valence electrons. The monoisotopic (exact) mass is 265 g/mol.